The molecule has 0 unspecified atom stereocenters. The summed E-state index contributed by atoms with van der Waals surface area (Å²) in [7, 11) is 0. The quantitative estimate of drug-likeness (QED) is 0.235. The molecule has 0 saturated carbocycles. The first kappa shape index (κ1) is 14.9. The lowest BCUT2D eigenvalue weighted by Crippen LogP contribution is -1.85. The van der Waals surface area contributed by atoms with E-state index in [9.17, 15) is 0 Å². The van der Waals surface area contributed by atoms with E-state index in [0.29, 0.717) is 0 Å². The summed E-state index contributed by atoms with van der Waals surface area (Å²) in [4.78, 5) is 0. The summed E-state index contributed by atoms with van der Waals surface area (Å²) >= 11 is 0. The zero-order valence-corrected chi connectivity index (χ0v) is 14.4. The highest BCUT2D eigenvalue weighted by Gasteiger charge is 2.08. The first-order valence-corrected chi connectivity index (χ1v) is 8.96. The van der Waals surface area contributed by atoms with Gasteiger partial charge in [0, 0.05) is 0 Å². The molecule has 0 atom stereocenters. The lowest BCUT2D eigenvalue weighted by Gasteiger charge is -2.11. The Balaban J connectivity index is 1.86. The fraction of sp³-hybridized carbons (Fsp3) is 0. The highest BCUT2D eigenvalue weighted by atomic mass is 14.1. The van der Waals surface area contributed by atoms with E-state index in [0.717, 1.165) is 0 Å². The molecule has 0 fully saturated rings. The van der Waals surface area contributed by atoms with E-state index >= 15 is 0 Å². The molecular formula is C26H18. The average molecular weight is 330 g/mol. The van der Waals surface area contributed by atoms with Gasteiger partial charge in [0.25, 0.3) is 0 Å². The lowest BCUT2D eigenvalue weighted by atomic mass is 9.92. The first-order chi connectivity index (χ1) is 12.9. The molecule has 0 saturated heterocycles. The van der Waals surface area contributed by atoms with Gasteiger partial charge in [-0.2, -0.15) is 0 Å². The van der Waals surface area contributed by atoms with Crippen molar-refractivity contribution in [2.24, 2.45) is 0 Å². The molecule has 0 N–H and O–H groups in total. The number of benzene rings is 5. The Labute approximate surface area is 153 Å². The van der Waals surface area contributed by atoms with Crippen LogP contribution in [0.2, 0.25) is 0 Å². The van der Waals surface area contributed by atoms with Crippen LogP contribution in [-0.4, -0.2) is 0 Å². The van der Waals surface area contributed by atoms with Gasteiger partial charge in [0.05, 0.1) is 0 Å². The van der Waals surface area contributed by atoms with Gasteiger partial charge in [0.1, 0.15) is 0 Å². The number of hydrogen-bond acceptors (Lipinski definition) is 0. The predicted octanol–water partition coefficient (Wildman–Crippen LogP) is 7.32. The monoisotopic (exact) mass is 330 g/mol. The standard InChI is InChI=1S/C26H18/c1-2-8-19(9-3-1)14-15-22-18-21-11-5-7-13-24(21)26-23-12-6-4-10-20(23)16-17-25(22)26/h1-18H/b15-14-. The second-order valence-corrected chi connectivity index (χ2v) is 6.64. The molecule has 0 aliphatic carbocycles. The van der Waals surface area contributed by atoms with Gasteiger partial charge in [-0.25, -0.2) is 0 Å². The molecule has 0 aliphatic rings. The number of hydrogen-bond donors (Lipinski definition) is 0. The molecule has 122 valence electrons. The van der Waals surface area contributed by atoms with Crippen molar-refractivity contribution in [1.29, 1.82) is 0 Å². The fourth-order valence-electron chi connectivity index (χ4n) is 3.79. The van der Waals surface area contributed by atoms with Gasteiger partial charge in [-0.15, -0.1) is 0 Å². The van der Waals surface area contributed by atoms with E-state index in [1.807, 2.05) is 0 Å². The summed E-state index contributed by atoms with van der Waals surface area (Å²) in [6, 6.07) is 34.6. The molecule has 0 amide bonds. The second kappa shape index (κ2) is 6.16. The third kappa shape index (κ3) is 2.48. The highest BCUT2D eigenvalue weighted by Crippen LogP contribution is 2.35. The molecule has 0 aliphatic heterocycles. The maximum absolute atomic E-state index is 2.30. The Kier molecular flexibility index (Phi) is 3.54. The summed E-state index contributed by atoms with van der Waals surface area (Å²) in [6.07, 6.45) is 4.43. The number of fused-ring (bicyclic) bond motifs is 5. The van der Waals surface area contributed by atoms with Gasteiger partial charge in [-0.3, -0.25) is 0 Å². The Morgan fingerprint density at radius 2 is 1.12 bits per heavy atom. The van der Waals surface area contributed by atoms with Gasteiger partial charge < -0.3 is 0 Å². The van der Waals surface area contributed by atoms with Crippen LogP contribution in [-0.2, 0) is 0 Å². The van der Waals surface area contributed by atoms with Crippen LogP contribution in [0.1, 0.15) is 11.1 Å². The van der Waals surface area contributed by atoms with Crippen LogP contribution in [0.3, 0.4) is 0 Å². The highest BCUT2D eigenvalue weighted by molar-refractivity contribution is 6.22. The van der Waals surface area contributed by atoms with Crippen molar-refractivity contribution in [3.63, 3.8) is 0 Å². The minimum Gasteiger partial charge on any atom is -0.0622 e. The van der Waals surface area contributed by atoms with Crippen LogP contribution in [0.25, 0.3) is 44.5 Å². The van der Waals surface area contributed by atoms with Gasteiger partial charge in [-0.1, -0.05) is 103 Å². The third-order valence-corrected chi connectivity index (χ3v) is 5.04. The van der Waals surface area contributed by atoms with Crippen LogP contribution in [0, 0.1) is 0 Å². The van der Waals surface area contributed by atoms with Crippen LogP contribution in [0.15, 0.2) is 97.1 Å². The molecule has 0 heterocycles. The fourth-order valence-corrected chi connectivity index (χ4v) is 3.79. The van der Waals surface area contributed by atoms with E-state index in [1.54, 1.807) is 0 Å². The Bertz CT molecular complexity index is 1250. The van der Waals surface area contributed by atoms with E-state index < -0.39 is 0 Å². The largest absolute Gasteiger partial charge is 0.0622 e. The molecule has 0 radical (unpaired) electrons. The first-order valence-electron chi connectivity index (χ1n) is 8.96. The van der Waals surface area contributed by atoms with Crippen LogP contribution in [0.5, 0.6) is 0 Å². The summed E-state index contributed by atoms with van der Waals surface area (Å²) in [5, 5.41) is 7.84. The zero-order valence-electron chi connectivity index (χ0n) is 14.4. The minimum atomic E-state index is 1.22. The minimum absolute atomic E-state index is 1.22. The van der Waals surface area contributed by atoms with E-state index in [-0.39, 0.29) is 0 Å². The Hall–Kier alpha value is -3.38. The molecule has 26 heavy (non-hydrogen) atoms. The normalized spacial score (nSPS) is 11.7. The third-order valence-electron chi connectivity index (χ3n) is 5.04. The van der Waals surface area contributed by atoms with Gasteiger partial charge in [0.15, 0.2) is 0 Å². The summed E-state index contributed by atoms with van der Waals surface area (Å²) < 4.78 is 0. The van der Waals surface area contributed by atoms with Crippen molar-refractivity contribution in [3.8, 4) is 0 Å². The molecule has 0 aromatic heterocycles. The SMILES string of the molecule is C(=C/c1cc2ccccc2c2c1ccc1ccccc12)/c1ccccc1. The van der Waals surface area contributed by atoms with Crippen molar-refractivity contribution in [1.82, 2.24) is 0 Å². The van der Waals surface area contributed by atoms with E-state index in [2.05, 4.69) is 109 Å². The molecule has 0 heteroatoms. The summed E-state index contributed by atoms with van der Waals surface area (Å²) in [5.74, 6) is 0. The Morgan fingerprint density at radius 3 is 1.92 bits per heavy atom. The zero-order chi connectivity index (χ0) is 17.3. The maximum atomic E-state index is 2.30. The van der Waals surface area contributed by atoms with Crippen molar-refractivity contribution < 1.29 is 0 Å². The van der Waals surface area contributed by atoms with Gasteiger partial charge in [0.2, 0.25) is 0 Å². The summed E-state index contributed by atoms with van der Waals surface area (Å²) in [5.41, 5.74) is 2.47. The lowest BCUT2D eigenvalue weighted by molar-refractivity contribution is 1.66. The molecule has 0 nitrogen and oxygen atoms in total. The van der Waals surface area contributed by atoms with Crippen molar-refractivity contribution in [3.05, 3.63) is 108 Å². The van der Waals surface area contributed by atoms with Gasteiger partial charge >= 0.3 is 0 Å². The molecular weight excluding hydrogens is 312 g/mol. The Morgan fingerprint density at radius 1 is 0.462 bits per heavy atom. The predicted molar refractivity (Wildman–Crippen MR) is 114 cm³/mol. The smallest absolute Gasteiger partial charge is 0.00208 e. The van der Waals surface area contributed by atoms with Crippen LogP contribution < -0.4 is 0 Å². The van der Waals surface area contributed by atoms with E-state index in [4.69, 9.17) is 0 Å². The molecule has 5 rings (SSSR count). The molecule has 0 spiro atoms. The molecule has 5 aromatic rings. The number of rotatable bonds is 2. The van der Waals surface area contributed by atoms with Gasteiger partial charge in [-0.05, 0) is 49.5 Å². The second-order valence-electron chi connectivity index (χ2n) is 6.64. The van der Waals surface area contributed by atoms with Crippen molar-refractivity contribution >= 4 is 44.5 Å². The topological polar surface area (TPSA) is 0 Å². The summed E-state index contributed by atoms with van der Waals surface area (Å²) in [6.45, 7) is 0. The van der Waals surface area contributed by atoms with Crippen LogP contribution in [0.4, 0.5) is 0 Å². The van der Waals surface area contributed by atoms with Crippen molar-refractivity contribution in [2.75, 3.05) is 0 Å². The molecule has 0 bridgehead atoms. The van der Waals surface area contributed by atoms with Crippen molar-refractivity contribution in [2.45, 2.75) is 0 Å². The van der Waals surface area contributed by atoms with Crippen LogP contribution >= 0.6 is 0 Å². The van der Waals surface area contributed by atoms with E-state index in [1.165, 1.54) is 43.4 Å². The maximum Gasteiger partial charge on any atom is -0.00208 e. The average Bonchev–Trinajstić information content (AvgIpc) is 2.72. The molecule has 5 aromatic carbocycles.